The molecule has 0 bridgehead atoms. The van der Waals surface area contributed by atoms with Crippen molar-refractivity contribution in [2.24, 2.45) is 5.73 Å². The zero-order valence-corrected chi connectivity index (χ0v) is 8.58. The lowest BCUT2D eigenvalue weighted by atomic mass is 10.0. The molecule has 0 aliphatic heterocycles. The third-order valence-electron chi connectivity index (χ3n) is 2.22. The van der Waals surface area contributed by atoms with E-state index in [4.69, 9.17) is 5.73 Å². The highest BCUT2D eigenvalue weighted by Gasteiger charge is 2.09. The third kappa shape index (κ3) is 2.57. The first-order chi connectivity index (χ1) is 6.65. The van der Waals surface area contributed by atoms with E-state index in [1.165, 1.54) is 5.56 Å². The predicted molar refractivity (Wildman–Crippen MR) is 56.8 cm³/mol. The molecule has 0 spiro atoms. The molecule has 0 heterocycles. The minimum atomic E-state index is -0.124. The molecule has 0 saturated heterocycles. The molecule has 0 saturated carbocycles. The Morgan fingerprint density at radius 1 is 1.50 bits per heavy atom. The molecular weight excluding hydrogens is 176 g/mol. The van der Waals surface area contributed by atoms with Crippen LogP contribution in [-0.2, 0) is 4.79 Å². The second kappa shape index (κ2) is 4.77. The van der Waals surface area contributed by atoms with Gasteiger partial charge in [0.2, 0.25) is 5.91 Å². The van der Waals surface area contributed by atoms with Crippen molar-refractivity contribution < 1.29 is 4.79 Å². The lowest BCUT2D eigenvalue weighted by Gasteiger charge is -2.15. The van der Waals surface area contributed by atoms with Crippen molar-refractivity contribution in [2.45, 2.75) is 19.9 Å². The number of rotatable bonds is 3. The first kappa shape index (κ1) is 10.7. The smallest absolute Gasteiger partial charge is 0.234 e. The van der Waals surface area contributed by atoms with E-state index in [1.54, 1.807) is 0 Å². The van der Waals surface area contributed by atoms with Gasteiger partial charge in [-0.15, -0.1) is 0 Å². The largest absolute Gasteiger partial charge is 0.348 e. The van der Waals surface area contributed by atoms with Gasteiger partial charge in [0.25, 0.3) is 0 Å². The molecule has 0 aliphatic rings. The Labute approximate surface area is 84.3 Å². The summed E-state index contributed by atoms with van der Waals surface area (Å²) in [6, 6.07) is 8.01. The van der Waals surface area contributed by atoms with E-state index in [2.05, 4.69) is 5.32 Å². The fourth-order valence-electron chi connectivity index (χ4n) is 1.45. The molecular formula is C11H16N2O. The molecule has 0 radical (unpaired) electrons. The second-order valence-electron chi connectivity index (χ2n) is 3.35. The monoisotopic (exact) mass is 192 g/mol. The summed E-state index contributed by atoms with van der Waals surface area (Å²) in [5.74, 6) is -0.124. The zero-order valence-electron chi connectivity index (χ0n) is 8.58. The highest BCUT2D eigenvalue weighted by Crippen LogP contribution is 2.16. The van der Waals surface area contributed by atoms with Gasteiger partial charge < -0.3 is 11.1 Å². The standard InChI is InChI=1S/C11H16N2O/c1-8-5-3-4-6-10(8)9(2)13-11(14)7-12/h3-6,9H,7,12H2,1-2H3,(H,13,14)/t9-/m1/s1. The number of nitrogens with two attached hydrogens (primary N) is 1. The van der Waals surface area contributed by atoms with Crippen molar-refractivity contribution in [1.82, 2.24) is 5.32 Å². The van der Waals surface area contributed by atoms with Crippen LogP contribution >= 0.6 is 0 Å². The maximum atomic E-state index is 11.1. The first-order valence-electron chi connectivity index (χ1n) is 4.70. The molecule has 0 unspecified atom stereocenters. The summed E-state index contributed by atoms with van der Waals surface area (Å²) < 4.78 is 0. The molecule has 3 N–H and O–H groups in total. The Kier molecular flexibility index (Phi) is 3.65. The van der Waals surface area contributed by atoms with E-state index in [9.17, 15) is 4.79 Å². The highest BCUT2D eigenvalue weighted by atomic mass is 16.1. The van der Waals surface area contributed by atoms with Crippen LogP contribution in [-0.4, -0.2) is 12.5 Å². The van der Waals surface area contributed by atoms with Crippen molar-refractivity contribution in [3.8, 4) is 0 Å². The van der Waals surface area contributed by atoms with Crippen molar-refractivity contribution in [3.63, 3.8) is 0 Å². The van der Waals surface area contributed by atoms with Gasteiger partial charge in [-0.2, -0.15) is 0 Å². The minimum Gasteiger partial charge on any atom is -0.348 e. The van der Waals surface area contributed by atoms with Crippen LogP contribution in [0.3, 0.4) is 0 Å². The molecule has 1 aromatic rings. The molecule has 76 valence electrons. The van der Waals surface area contributed by atoms with Gasteiger partial charge in [-0.25, -0.2) is 0 Å². The predicted octanol–water partition coefficient (Wildman–Crippen LogP) is 1.13. The number of nitrogens with one attached hydrogen (secondary N) is 1. The number of benzene rings is 1. The van der Waals surface area contributed by atoms with Gasteiger partial charge in [0.05, 0.1) is 12.6 Å². The van der Waals surface area contributed by atoms with E-state index in [-0.39, 0.29) is 18.5 Å². The molecule has 1 rings (SSSR count). The first-order valence-corrected chi connectivity index (χ1v) is 4.70. The number of hydrogen-bond donors (Lipinski definition) is 2. The highest BCUT2D eigenvalue weighted by molar-refractivity contribution is 5.78. The third-order valence-corrected chi connectivity index (χ3v) is 2.22. The zero-order chi connectivity index (χ0) is 10.6. The van der Waals surface area contributed by atoms with Crippen LogP contribution in [0.2, 0.25) is 0 Å². The maximum absolute atomic E-state index is 11.1. The van der Waals surface area contributed by atoms with Gasteiger partial charge in [0, 0.05) is 0 Å². The van der Waals surface area contributed by atoms with Crippen molar-refractivity contribution in [1.29, 1.82) is 0 Å². The quantitative estimate of drug-likeness (QED) is 0.754. The number of hydrogen-bond acceptors (Lipinski definition) is 2. The Morgan fingerprint density at radius 3 is 2.71 bits per heavy atom. The van der Waals surface area contributed by atoms with Gasteiger partial charge in [0.1, 0.15) is 0 Å². The summed E-state index contributed by atoms with van der Waals surface area (Å²) >= 11 is 0. The lowest BCUT2D eigenvalue weighted by Crippen LogP contribution is -2.32. The molecule has 3 heteroatoms. The van der Waals surface area contributed by atoms with Crippen LogP contribution in [0.4, 0.5) is 0 Å². The van der Waals surface area contributed by atoms with Crippen molar-refractivity contribution >= 4 is 5.91 Å². The fraction of sp³-hybridized carbons (Fsp3) is 0.364. The van der Waals surface area contributed by atoms with E-state index in [0.717, 1.165) is 5.56 Å². The number of carbonyl (C=O) groups excluding carboxylic acids is 1. The Morgan fingerprint density at radius 2 is 2.14 bits per heavy atom. The SMILES string of the molecule is Cc1ccccc1[C@@H](C)NC(=O)CN. The summed E-state index contributed by atoms with van der Waals surface area (Å²) in [5.41, 5.74) is 7.54. The van der Waals surface area contributed by atoms with Gasteiger partial charge >= 0.3 is 0 Å². The van der Waals surface area contributed by atoms with E-state index in [0.29, 0.717) is 0 Å². The van der Waals surface area contributed by atoms with Crippen LogP contribution < -0.4 is 11.1 Å². The molecule has 3 nitrogen and oxygen atoms in total. The summed E-state index contributed by atoms with van der Waals surface area (Å²) in [6.45, 7) is 4.02. The number of amides is 1. The van der Waals surface area contributed by atoms with E-state index in [1.807, 2.05) is 38.1 Å². The van der Waals surface area contributed by atoms with Gasteiger partial charge in [-0.3, -0.25) is 4.79 Å². The molecule has 14 heavy (non-hydrogen) atoms. The Balaban J connectivity index is 2.74. The minimum absolute atomic E-state index is 0.0206. The summed E-state index contributed by atoms with van der Waals surface area (Å²) in [5, 5.41) is 2.82. The average Bonchev–Trinajstić information content (AvgIpc) is 2.18. The van der Waals surface area contributed by atoms with Crippen molar-refractivity contribution in [3.05, 3.63) is 35.4 Å². The van der Waals surface area contributed by atoms with Crippen LogP contribution in [0.1, 0.15) is 24.1 Å². The van der Waals surface area contributed by atoms with Crippen LogP contribution in [0.25, 0.3) is 0 Å². The maximum Gasteiger partial charge on any atom is 0.234 e. The summed E-state index contributed by atoms with van der Waals surface area (Å²) in [6.07, 6.45) is 0. The lowest BCUT2D eigenvalue weighted by molar-refractivity contribution is -0.120. The van der Waals surface area contributed by atoms with E-state index >= 15 is 0 Å². The Hall–Kier alpha value is -1.35. The molecule has 0 aromatic heterocycles. The average molecular weight is 192 g/mol. The summed E-state index contributed by atoms with van der Waals surface area (Å²) in [7, 11) is 0. The van der Waals surface area contributed by atoms with Gasteiger partial charge in [-0.1, -0.05) is 24.3 Å². The molecule has 1 atom stereocenters. The van der Waals surface area contributed by atoms with Gasteiger partial charge in [-0.05, 0) is 25.0 Å². The fourth-order valence-corrected chi connectivity index (χ4v) is 1.45. The van der Waals surface area contributed by atoms with Crippen molar-refractivity contribution in [2.75, 3.05) is 6.54 Å². The normalized spacial score (nSPS) is 12.2. The topological polar surface area (TPSA) is 55.1 Å². The molecule has 0 fully saturated rings. The number of carbonyl (C=O) groups is 1. The molecule has 1 aromatic carbocycles. The summed E-state index contributed by atoms with van der Waals surface area (Å²) in [4.78, 5) is 11.1. The van der Waals surface area contributed by atoms with Crippen LogP contribution in [0.5, 0.6) is 0 Å². The van der Waals surface area contributed by atoms with Gasteiger partial charge in [0.15, 0.2) is 0 Å². The van der Waals surface area contributed by atoms with Crippen LogP contribution in [0, 0.1) is 6.92 Å². The molecule has 1 amide bonds. The second-order valence-corrected chi connectivity index (χ2v) is 3.35. The number of aryl methyl sites for hydroxylation is 1. The van der Waals surface area contributed by atoms with E-state index < -0.39 is 0 Å². The Bertz CT molecular complexity index is 323. The molecule has 0 aliphatic carbocycles. The van der Waals surface area contributed by atoms with Crippen LogP contribution in [0.15, 0.2) is 24.3 Å².